The number of fused-ring (bicyclic) bond motifs is 1. The van der Waals surface area contributed by atoms with Crippen molar-refractivity contribution in [2.45, 2.75) is 26.5 Å². The number of aryl methyl sites for hydroxylation is 1. The van der Waals surface area contributed by atoms with Crippen LogP contribution in [0.2, 0.25) is 0 Å². The van der Waals surface area contributed by atoms with Crippen LogP contribution in [0.4, 0.5) is 0 Å². The molecule has 144 valence electrons. The molecule has 0 N–H and O–H groups in total. The highest BCUT2D eigenvalue weighted by Gasteiger charge is 2.19. The van der Waals surface area contributed by atoms with Gasteiger partial charge in [0, 0.05) is 27.2 Å². The zero-order valence-corrected chi connectivity index (χ0v) is 16.1. The first-order valence-corrected chi connectivity index (χ1v) is 8.83. The predicted molar refractivity (Wildman–Crippen MR) is 102 cm³/mol. The summed E-state index contributed by atoms with van der Waals surface area (Å²) < 4.78 is 15.2. The number of hydrogen-bond acceptors (Lipinski definition) is 5. The fourth-order valence-electron chi connectivity index (χ4n) is 2.99. The second-order valence-corrected chi connectivity index (χ2v) is 6.39. The Bertz CT molecular complexity index is 1060. The summed E-state index contributed by atoms with van der Waals surface area (Å²) in [5.41, 5.74) is 0.985. The number of methoxy groups -OCH3 is 1. The lowest BCUT2D eigenvalue weighted by molar-refractivity contribution is 0.114. The summed E-state index contributed by atoms with van der Waals surface area (Å²) in [5, 5.41) is 0. The van der Waals surface area contributed by atoms with Gasteiger partial charge in [-0.3, -0.25) is 13.9 Å². The molecule has 0 aliphatic heterocycles. The third kappa shape index (κ3) is 3.52. The summed E-state index contributed by atoms with van der Waals surface area (Å²) in [5.74, 6) is 1.38. The lowest BCUT2D eigenvalue weighted by Gasteiger charge is -2.10. The second-order valence-electron chi connectivity index (χ2n) is 6.39. The van der Waals surface area contributed by atoms with E-state index in [4.69, 9.17) is 9.47 Å². The number of ether oxygens (including phenoxy) is 2. The molecule has 0 saturated heterocycles. The smallest absolute Gasteiger partial charge is 0.332 e. The third-order valence-corrected chi connectivity index (χ3v) is 4.51. The molecule has 3 rings (SSSR count). The molecule has 8 nitrogen and oxygen atoms in total. The molecule has 0 bridgehead atoms. The van der Waals surface area contributed by atoms with Gasteiger partial charge >= 0.3 is 5.69 Å². The molecule has 0 spiro atoms. The Morgan fingerprint density at radius 1 is 1.07 bits per heavy atom. The quantitative estimate of drug-likeness (QED) is 0.586. The van der Waals surface area contributed by atoms with E-state index in [2.05, 4.69) is 4.98 Å². The van der Waals surface area contributed by atoms with Crippen LogP contribution < -0.4 is 16.0 Å². The molecule has 0 unspecified atom stereocenters. The summed E-state index contributed by atoms with van der Waals surface area (Å²) in [7, 11) is 4.71. The highest BCUT2D eigenvalue weighted by atomic mass is 16.5. The number of benzene rings is 1. The Hall–Kier alpha value is -2.87. The Morgan fingerprint density at radius 2 is 1.78 bits per heavy atom. The van der Waals surface area contributed by atoms with E-state index in [1.807, 2.05) is 35.8 Å². The van der Waals surface area contributed by atoms with Gasteiger partial charge in [-0.05, 0) is 24.1 Å². The van der Waals surface area contributed by atoms with Crippen LogP contribution in [0, 0.1) is 0 Å². The van der Waals surface area contributed by atoms with E-state index in [0.717, 1.165) is 22.3 Å². The molecule has 0 radical (unpaired) electrons. The maximum atomic E-state index is 12.8. The van der Waals surface area contributed by atoms with Gasteiger partial charge in [-0.1, -0.05) is 19.1 Å². The molecular weight excluding hydrogens is 348 g/mol. The van der Waals surface area contributed by atoms with E-state index >= 15 is 0 Å². The number of rotatable bonds is 7. The molecule has 0 aliphatic rings. The van der Waals surface area contributed by atoms with Crippen LogP contribution in [-0.2, 0) is 32.0 Å². The summed E-state index contributed by atoms with van der Waals surface area (Å²) in [4.78, 5) is 29.6. The first-order chi connectivity index (χ1) is 13.0. The number of hydrogen-bond donors (Lipinski definition) is 0. The summed E-state index contributed by atoms with van der Waals surface area (Å²) >= 11 is 0. The minimum Gasteiger partial charge on any atom is -0.497 e. The van der Waals surface area contributed by atoms with E-state index in [1.54, 1.807) is 14.2 Å². The van der Waals surface area contributed by atoms with Crippen LogP contribution in [0.25, 0.3) is 11.2 Å². The van der Waals surface area contributed by atoms with Gasteiger partial charge in [-0.15, -0.1) is 0 Å². The van der Waals surface area contributed by atoms with Crippen molar-refractivity contribution in [2.75, 3.05) is 13.7 Å². The highest BCUT2D eigenvalue weighted by Crippen LogP contribution is 2.17. The van der Waals surface area contributed by atoms with Gasteiger partial charge in [0.15, 0.2) is 11.2 Å². The number of imidazole rings is 1. The van der Waals surface area contributed by atoms with Gasteiger partial charge in [-0.2, -0.15) is 0 Å². The van der Waals surface area contributed by atoms with Gasteiger partial charge in [0.2, 0.25) is 0 Å². The van der Waals surface area contributed by atoms with Crippen LogP contribution in [-0.4, -0.2) is 32.4 Å². The molecule has 8 heteroatoms. The zero-order valence-electron chi connectivity index (χ0n) is 16.1. The standard InChI is InChI=1S/C19H24N4O4/c1-5-10-27-12-15-20-17-16(18(24)22(3)19(25)21(17)2)23(15)11-13-6-8-14(26-4)9-7-13/h6-9H,5,10-12H2,1-4H3. The summed E-state index contributed by atoms with van der Waals surface area (Å²) in [6.07, 6.45) is 0.888. The first kappa shape index (κ1) is 18.9. The number of aromatic nitrogens is 4. The van der Waals surface area contributed by atoms with Crippen molar-refractivity contribution in [1.82, 2.24) is 18.7 Å². The molecule has 0 saturated carbocycles. The van der Waals surface area contributed by atoms with E-state index in [-0.39, 0.29) is 12.2 Å². The van der Waals surface area contributed by atoms with Gasteiger partial charge < -0.3 is 14.0 Å². The third-order valence-electron chi connectivity index (χ3n) is 4.51. The monoisotopic (exact) mass is 372 g/mol. The number of nitrogens with zero attached hydrogens (tertiary/aromatic N) is 4. The normalized spacial score (nSPS) is 11.3. The largest absolute Gasteiger partial charge is 0.497 e. The minimum atomic E-state index is -0.400. The van der Waals surface area contributed by atoms with E-state index < -0.39 is 5.69 Å². The van der Waals surface area contributed by atoms with Gasteiger partial charge in [-0.25, -0.2) is 9.78 Å². The van der Waals surface area contributed by atoms with Crippen molar-refractivity contribution >= 4 is 11.2 Å². The topological polar surface area (TPSA) is 80.3 Å². The fraction of sp³-hybridized carbons (Fsp3) is 0.421. The SMILES string of the molecule is CCCOCc1nc2c(c(=O)n(C)c(=O)n2C)n1Cc1ccc(OC)cc1. The van der Waals surface area contributed by atoms with Crippen molar-refractivity contribution in [3.05, 3.63) is 56.5 Å². The molecule has 2 aromatic heterocycles. The van der Waals surface area contributed by atoms with Crippen LogP contribution in [0.3, 0.4) is 0 Å². The molecule has 0 aliphatic carbocycles. The van der Waals surface area contributed by atoms with Crippen LogP contribution in [0.5, 0.6) is 5.75 Å². The Kier molecular flexibility index (Phi) is 5.46. The van der Waals surface area contributed by atoms with Crippen LogP contribution >= 0.6 is 0 Å². The fourth-order valence-corrected chi connectivity index (χ4v) is 2.99. The summed E-state index contributed by atoms with van der Waals surface area (Å²) in [6, 6.07) is 7.62. The van der Waals surface area contributed by atoms with Crippen LogP contribution in [0.15, 0.2) is 33.9 Å². The minimum absolute atomic E-state index is 0.274. The maximum absolute atomic E-state index is 12.8. The van der Waals surface area contributed by atoms with Crippen LogP contribution in [0.1, 0.15) is 24.7 Å². The average Bonchev–Trinajstić information content (AvgIpc) is 3.04. The lowest BCUT2D eigenvalue weighted by atomic mass is 10.2. The molecule has 3 aromatic rings. The first-order valence-electron chi connectivity index (χ1n) is 8.83. The van der Waals surface area contributed by atoms with E-state index in [9.17, 15) is 9.59 Å². The van der Waals surface area contributed by atoms with Gasteiger partial charge in [0.05, 0.1) is 7.11 Å². The maximum Gasteiger partial charge on any atom is 0.332 e. The Labute approximate surface area is 156 Å². The molecule has 2 heterocycles. The van der Waals surface area contributed by atoms with E-state index in [0.29, 0.717) is 30.1 Å². The zero-order chi connectivity index (χ0) is 19.6. The average molecular weight is 372 g/mol. The Morgan fingerprint density at radius 3 is 2.41 bits per heavy atom. The summed E-state index contributed by atoms with van der Waals surface area (Å²) in [6.45, 7) is 3.34. The van der Waals surface area contributed by atoms with Crippen molar-refractivity contribution in [1.29, 1.82) is 0 Å². The van der Waals surface area contributed by atoms with Gasteiger partial charge in [0.25, 0.3) is 5.56 Å². The molecule has 0 fully saturated rings. The molecule has 1 aromatic carbocycles. The van der Waals surface area contributed by atoms with Gasteiger partial charge in [0.1, 0.15) is 18.2 Å². The molecular formula is C19H24N4O4. The van der Waals surface area contributed by atoms with E-state index in [1.165, 1.54) is 11.6 Å². The molecule has 27 heavy (non-hydrogen) atoms. The predicted octanol–water partition coefficient (Wildman–Crippen LogP) is 1.42. The van der Waals surface area contributed by atoms with Crippen molar-refractivity contribution < 1.29 is 9.47 Å². The molecule has 0 amide bonds. The molecule has 0 atom stereocenters. The van der Waals surface area contributed by atoms with Crippen molar-refractivity contribution in [3.8, 4) is 5.75 Å². The Balaban J connectivity index is 2.15. The highest BCUT2D eigenvalue weighted by molar-refractivity contribution is 5.71. The van der Waals surface area contributed by atoms with Crippen molar-refractivity contribution in [3.63, 3.8) is 0 Å². The second kappa shape index (κ2) is 7.79. The van der Waals surface area contributed by atoms with Crippen molar-refractivity contribution in [2.24, 2.45) is 14.1 Å². The lowest BCUT2D eigenvalue weighted by Crippen LogP contribution is -2.37.